The Balaban J connectivity index is 0.00000120. The van der Waals surface area contributed by atoms with Crippen LogP contribution in [0.25, 0.3) is 0 Å². The Morgan fingerprint density at radius 3 is 2.56 bits per heavy atom. The highest BCUT2D eigenvalue weighted by Gasteiger charge is 2.42. The lowest BCUT2D eigenvalue weighted by atomic mass is 10.0. The predicted octanol–water partition coefficient (Wildman–Crippen LogP) is 3.34. The lowest BCUT2D eigenvalue weighted by Gasteiger charge is -2.22. The van der Waals surface area contributed by atoms with E-state index in [1.54, 1.807) is 0 Å². The molecule has 2 heterocycles. The zero-order chi connectivity index (χ0) is 12.0. The normalized spacial score (nSPS) is 30.3. The average Bonchev–Trinajstić information content (AvgIpc) is 3.06. The van der Waals surface area contributed by atoms with Crippen molar-refractivity contribution in [2.24, 2.45) is 5.92 Å². The van der Waals surface area contributed by atoms with Gasteiger partial charge in [-0.1, -0.05) is 0 Å². The fourth-order valence-corrected chi connectivity index (χ4v) is 2.51. The minimum absolute atomic E-state index is 0. The van der Waals surface area contributed by atoms with E-state index in [0.29, 0.717) is 6.04 Å². The first-order valence-corrected chi connectivity index (χ1v) is 5.83. The molecule has 1 N–H and O–H groups in total. The third-order valence-corrected chi connectivity index (χ3v) is 3.63. The summed E-state index contributed by atoms with van der Waals surface area (Å²) in [4.78, 5) is 3.94. The first-order valence-electron chi connectivity index (χ1n) is 5.83. The topological polar surface area (TPSA) is 24.9 Å². The summed E-state index contributed by atoms with van der Waals surface area (Å²) < 4.78 is 37.1. The largest absolute Gasteiger partial charge is 0.417 e. The lowest BCUT2D eigenvalue weighted by Crippen LogP contribution is -2.29. The molecule has 3 rings (SSSR count). The maximum Gasteiger partial charge on any atom is 0.417 e. The molecular weight excluding hydrogens is 265 g/mol. The van der Waals surface area contributed by atoms with Crippen molar-refractivity contribution < 1.29 is 13.2 Å². The molecule has 2 fully saturated rings. The minimum Gasteiger partial charge on any atom is -0.306 e. The van der Waals surface area contributed by atoms with E-state index < -0.39 is 11.7 Å². The highest BCUT2D eigenvalue weighted by Crippen LogP contribution is 2.42. The number of fused-ring (bicyclic) bond motifs is 1. The Hall–Kier alpha value is -0.810. The zero-order valence-corrected chi connectivity index (χ0v) is 10.4. The standard InChI is InChI=1S/C12H13F3N2.ClH/c13-12(14,15)8-2-4-9(16-6-8)10-3-1-7-5-11(7)17-10;/h2,4,6-7,10-11,17H,1,3,5H2;1H/t7-,10-,11+;/m1./s1. The van der Waals surface area contributed by atoms with Crippen molar-refractivity contribution in [3.05, 3.63) is 29.6 Å². The molecule has 2 aliphatic rings. The molecule has 1 aromatic rings. The van der Waals surface area contributed by atoms with Gasteiger partial charge in [0.15, 0.2) is 0 Å². The number of alkyl halides is 3. The first-order chi connectivity index (χ1) is 8.04. The van der Waals surface area contributed by atoms with Gasteiger partial charge in [0.1, 0.15) is 0 Å². The van der Waals surface area contributed by atoms with Crippen molar-refractivity contribution in [1.29, 1.82) is 0 Å². The lowest BCUT2D eigenvalue weighted by molar-refractivity contribution is -0.137. The van der Waals surface area contributed by atoms with Gasteiger partial charge in [0.2, 0.25) is 0 Å². The molecule has 0 unspecified atom stereocenters. The van der Waals surface area contributed by atoms with Gasteiger partial charge in [-0.3, -0.25) is 4.98 Å². The van der Waals surface area contributed by atoms with Crippen LogP contribution >= 0.6 is 12.4 Å². The molecule has 18 heavy (non-hydrogen) atoms. The molecule has 1 saturated carbocycles. The van der Waals surface area contributed by atoms with E-state index in [1.165, 1.54) is 12.5 Å². The van der Waals surface area contributed by atoms with Crippen molar-refractivity contribution in [1.82, 2.24) is 10.3 Å². The fourth-order valence-electron chi connectivity index (χ4n) is 2.51. The summed E-state index contributed by atoms with van der Waals surface area (Å²) >= 11 is 0. The number of hydrogen-bond donors (Lipinski definition) is 1. The number of hydrogen-bond acceptors (Lipinski definition) is 2. The van der Waals surface area contributed by atoms with Gasteiger partial charge in [-0.2, -0.15) is 13.2 Å². The van der Waals surface area contributed by atoms with Crippen LogP contribution in [-0.4, -0.2) is 11.0 Å². The quantitative estimate of drug-likeness (QED) is 0.852. The van der Waals surface area contributed by atoms with Crippen molar-refractivity contribution in [2.45, 2.75) is 37.5 Å². The summed E-state index contributed by atoms with van der Waals surface area (Å²) in [6.45, 7) is 0. The Labute approximate surface area is 109 Å². The number of piperidine rings is 1. The summed E-state index contributed by atoms with van der Waals surface area (Å²) in [5.41, 5.74) is 0.0460. The van der Waals surface area contributed by atoms with E-state index in [4.69, 9.17) is 0 Å². The van der Waals surface area contributed by atoms with Crippen LogP contribution in [0.1, 0.15) is 36.6 Å². The van der Waals surface area contributed by atoms with Crippen LogP contribution in [-0.2, 0) is 6.18 Å². The van der Waals surface area contributed by atoms with Gasteiger partial charge in [0, 0.05) is 18.3 Å². The van der Waals surface area contributed by atoms with Gasteiger partial charge >= 0.3 is 6.18 Å². The average molecular weight is 279 g/mol. The molecule has 1 aromatic heterocycles. The molecule has 0 radical (unpaired) electrons. The fraction of sp³-hybridized carbons (Fsp3) is 0.583. The first kappa shape index (κ1) is 13.6. The van der Waals surface area contributed by atoms with Crippen molar-refractivity contribution in [3.8, 4) is 0 Å². The number of pyridine rings is 1. The molecular formula is C12H14ClF3N2. The predicted molar refractivity (Wildman–Crippen MR) is 63.5 cm³/mol. The van der Waals surface area contributed by atoms with Gasteiger partial charge < -0.3 is 5.32 Å². The van der Waals surface area contributed by atoms with E-state index in [1.807, 2.05) is 0 Å². The summed E-state index contributed by atoms with van der Waals surface area (Å²) in [6, 6.07) is 3.30. The molecule has 0 bridgehead atoms. The number of rotatable bonds is 1. The zero-order valence-electron chi connectivity index (χ0n) is 9.57. The van der Waals surface area contributed by atoms with Gasteiger partial charge in [-0.25, -0.2) is 0 Å². The molecule has 2 nitrogen and oxygen atoms in total. The molecule has 0 amide bonds. The van der Waals surface area contributed by atoms with Gasteiger partial charge in [-0.05, 0) is 37.3 Å². The Morgan fingerprint density at radius 1 is 1.22 bits per heavy atom. The molecule has 0 spiro atoms. The second-order valence-electron chi connectivity index (χ2n) is 4.87. The van der Waals surface area contributed by atoms with Crippen LogP contribution in [0.3, 0.4) is 0 Å². The summed E-state index contributed by atoms with van der Waals surface area (Å²) in [5, 5.41) is 3.42. The van der Waals surface area contributed by atoms with Crippen molar-refractivity contribution in [3.63, 3.8) is 0 Å². The summed E-state index contributed by atoms with van der Waals surface area (Å²) in [6.07, 6.45) is -0.0369. The van der Waals surface area contributed by atoms with Gasteiger partial charge in [-0.15, -0.1) is 12.4 Å². The van der Waals surface area contributed by atoms with E-state index in [-0.39, 0.29) is 18.4 Å². The third kappa shape index (κ3) is 2.62. The summed E-state index contributed by atoms with van der Waals surface area (Å²) in [5.74, 6) is 0.792. The van der Waals surface area contributed by atoms with Gasteiger partial charge in [0.05, 0.1) is 11.3 Å². The highest BCUT2D eigenvalue weighted by atomic mass is 35.5. The van der Waals surface area contributed by atoms with Crippen LogP contribution in [0.15, 0.2) is 18.3 Å². The monoisotopic (exact) mass is 278 g/mol. The Bertz CT molecular complexity index is 418. The van der Waals surface area contributed by atoms with E-state index in [0.717, 1.165) is 36.7 Å². The van der Waals surface area contributed by atoms with Crippen LogP contribution in [0.4, 0.5) is 13.2 Å². The van der Waals surface area contributed by atoms with Gasteiger partial charge in [0.25, 0.3) is 0 Å². The Morgan fingerprint density at radius 2 is 2.00 bits per heavy atom. The SMILES string of the molecule is Cl.FC(F)(F)c1ccc([C@H]2CC[C@@H]3C[C@@H]3N2)nc1. The maximum atomic E-state index is 12.4. The van der Waals surface area contributed by atoms with Crippen molar-refractivity contribution >= 4 is 12.4 Å². The second-order valence-corrected chi connectivity index (χ2v) is 4.87. The van der Waals surface area contributed by atoms with Crippen molar-refractivity contribution in [2.75, 3.05) is 0 Å². The third-order valence-electron chi connectivity index (χ3n) is 3.63. The summed E-state index contributed by atoms with van der Waals surface area (Å²) in [7, 11) is 0. The van der Waals surface area contributed by atoms with E-state index in [9.17, 15) is 13.2 Å². The molecule has 1 aliphatic heterocycles. The molecule has 6 heteroatoms. The van der Waals surface area contributed by atoms with Crippen LogP contribution in [0.2, 0.25) is 0 Å². The molecule has 3 atom stereocenters. The van der Waals surface area contributed by atoms with Crippen LogP contribution in [0.5, 0.6) is 0 Å². The van der Waals surface area contributed by atoms with E-state index in [2.05, 4.69) is 10.3 Å². The number of nitrogens with zero attached hydrogens (tertiary/aromatic N) is 1. The Kier molecular flexibility index (Phi) is 3.56. The molecule has 1 aliphatic carbocycles. The smallest absolute Gasteiger partial charge is 0.306 e. The molecule has 1 saturated heterocycles. The molecule has 0 aromatic carbocycles. The van der Waals surface area contributed by atoms with Crippen LogP contribution in [0, 0.1) is 5.92 Å². The number of nitrogens with one attached hydrogen (secondary N) is 1. The molecule has 100 valence electrons. The van der Waals surface area contributed by atoms with E-state index >= 15 is 0 Å². The maximum absolute atomic E-state index is 12.4. The number of halogens is 4. The minimum atomic E-state index is -4.30. The number of aromatic nitrogens is 1. The highest BCUT2D eigenvalue weighted by molar-refractivity contribution is 5.85. The second kappa shape index (κ2) is 4.70. The van der Waals surface area contributed by atoms with Crippen LogP contribution < -0.4 is 5.32 Å².